The van der Waals surface area contributed by atoms with Crippen LogP contribution < -0.4 is 4.74 Å². The largest absolute Gasteiger partial charge is 0.573 e. The van der Waals surface area contributed by atoms with Gasteiger partial charge in [-0.05, 0) is 47.0 Å². The molecule has 0 aliphatic carbocycles. The molecule has 0 unspecified atom stereocenters. The molecule has 0 aliphatic rings. The van der Waals surface area contributed by atoms with E-state index in [1.807, 2.05) is 22.6 Å². The lowest BCUT2D eigenvalue weighted by molar-refractivity contribution is -0.275. The van der Waals surface area contributed by atoms with Gasteiger partial charge < -0.3 is 4.74 Å². The van der Waals surface area contributed by atoms with Crippen LogP contribution in [0.4, 0.5) is 13.2 Å². The molecule has 0 N–H and O–H groups in total. The number of thioether (sulfide) groups is 1. The number of hydrogen-bond donors (Lipinski definition) is 0. The Balaban J connectivity index is 2.99. The topological polar surface area (TPSA) is 9.23 Å². The van der Waals surface area contributed by atoms with E-state index >= 15 is 0 Å². The van der Waals surface area contributed by atoms with Gasteiger partial charge in [-0.2, -0.15) is 0 Å². The van der Waals surface area contributed by atoms with Crippen molar-refractivity contribution in [2.24, 2.45) is 0 Å². The Labute approximate surface area is 97.2 Å². The lowest BCUT2D eigenvalue weighted by Crippen LogP contribution is -2.17. The number of halogens is 4. The first-order chi connectivity index (χ1) is 6.42. The van der Waals surface area contributed by atoms with E-state index in [9.17, 15) is 13.2 Å². The van der Waals surface area contributed by atoms with Crippen molar-refractivity contribution >= 4 is 34.4 Å². The van der Waals surface area contributed by atoms with Crippen LogP contribution in [0.1, 0.15) is 0 Å². The zero-order valence-electron chi connectivity index (χ0n) is 7.06. The normalized spacial score (nSPS) is 11.5. The highest BCUT2D eigenvalue weighted by atomic mass is 127. The SMILES string of the molecule is CSc1ccc(I)cc1OC(F)(F)F. The molecule has 6 heteroatoms. The summed E-state index contributed by atoms with van der Waals surface area (Å²) in [6, 6.07) is 4.70. The Morgan fingerprint density at radius 1 is 1.36 bits per heavy atom. The summed E-state index contributed by atoms with van der Waals surface area (Å²) in [7, 11) is 0. The number of alkyl halides is 3. The summed E-state index contributed by atoms with van der Waals surface area (Å²) in [5.41, 5.74) is 0. The molecule has 1 aromatic carbocycles. The van der Waals surface area contributed by atoms with Gasteiger partial charge in [0.1, 0.15) is 5.75 Å². The van der Waals surface area contributed by atoms with Crippen LogP contribution >= 0.6 is 34.4 Å². The van der Waals surface area contributed by atoms with Crippen LogP contribution in [0.25, 0.3) is 0 Å². The maximum Gasteiger partial charge on any atom is 0.573 e. The summed E-state index contributed by atoms with van der Waals surface area (Å²) in [5, 5.41) is 0. The van der Waals surface area contributed by atoms with Crippen molar-refractivity contribution in [3.05, 3.63) is 21.8 Å². The third-order valence-corrected chi connectivity index (χ3v) is 2.80. The Kier molecular flexibility index (Phi) is 3.94. The third-order valence-electron chi connectivity index (χ3n) is 1.35. The molecular weight excluding hydrogens is 328 g/mol. The minimum Gasteiger partial charge on any atom is -0.405 e. The van der Waals surface area contributed by atoms with E-state index in [-0.39, 0.29) is 5.75 Å². The van der Waals surface area contributed by atoms with Gasteiger partial charge in [-0.1, -0.05) is 0 Å². The van der Waals surface area contributed by atoms with Crippen molar-refractivity contribution in [3.8, 4) is 5.75 Å². The number of hydrogen-bond acceptors (Lipinski definition) is 2. The van der Waals surface area contributed by atoms with Gasteiger partial charge in [0.05, 0.1) is 0 Å². The van der Waals surface area contributed by atoms with Crippen LogP contribution in [0.15, 0.2) is 23.1 Å². The maximum atomic E-state index is 12.0. The quantitative estimate of drug-likeness (QED) is 0.599. The Morgan fingerprint density at radius 3 is 2.50 bits per heavy atom. The highest BCUT2D eigenvalue weighted by molar-refractivity contribution is 14.1. The van der Waals surface area contributed by atoms with Gasteiger partial charge in [0.2, 0.25) is 0 Å². The molecule has 78 valence electrons. The fraction of sp³-hybridized carbons (Fsp3) is 0.250. The van der Waals surface area contributed by atoms with Gasteiger partial charge in [-0.15, -0.1) is 24.9 Å². The summed E-state index contributed by atoms with van der Waals surface area (Å²) >= 11 is 3.15. The molecule has 0 atom stereocenters. The maximum absolute atomic E-state index is 12.0. The molecule has 0 fully saturated rings. The van der Waals surface area contributed by atoms with Crippen LogP contribution in [0.2, 0.25) is 0 Å². The van der Waals surface area contributed by atoms with E-state index in [2.05, 4.69) is 4.74 Å². The van der Waals surface area contributed by atoms with Gasteiger partial charge >= 0.3 is 6.36 Å². The van der Waals surface area contributed by atoms with E-state index in [1.165, 1.54) is 17.8 Å². The molecule has 1 nitrogen and oxygen atoms in total. The van der Waals surface area contributed by atoms with E-state index in [4.69, 9.17) is 0 Å². The third kappa shape index (κ3) is 3.56. The van der Waals surface area contributed by atoms with E-state index < -0.39 is 6.36 Å². The molecule has 0 saturated carbocycles. The second-order valence-electron chi connectivity index (χ2n) is 2.34. The van der Waals surface area contributed by atoms with Gasteiger partial charge in [0, 0.05) is 8.47 Å². The summed E-state index contributed by atoms with van der Waals surface area (Å²) in [5.74, 6) is -0.142. The molecule has 1 aromatic rings. The molecule has 0 bridgehead atoms. The molecule has 1 rings (SSSR count). The van der Waals surface area contributed by atoms with Crippen molar-refractivity contribution < 1.29 is 17.9 Å². The monoisotopic (exact) mass is 334 g/mol. The molecule has 0 radical (unpaired) electrons. The number of rotatable bonds is 2. The molecule has 0 aromatic heterocycles. The van der Waals surface area contributed by atoms with Crippen molar-refractivity contribution in [1.82, 2.24) is 0 Å². The summed E-state index contributed by atoms with van der Waals surface area (Å²) in [4.78, 5) is 0.475. The van der Waals surface area contributed by atoms with Crippen LogP contribution in [0, 0.1) is 3.57 Å². The fourth-order valence-electron chi connectivity index (χ4n) is 0.855. The highest BCUT2D eigenvalue weighted by Crippen LogP contribution is 2.33. The molecule has 14 heavy (non-hydrogen) atoms. The van der Waals surface area contributed by atoms with E-state index in [1.54, 1.807) is 18.4 Å². The van der Waals surface area contributed by atoms with Crippen LogP contribution in [0.5, 0.6) is 5.75 Å². The first-order valence-corrected chi connectivity index (χ1v) is 5.82. The van der Waals surface area contributed by atoms with Crippen molar-refractivity contribution in [3.63, 3.8) is 0 Å². The fourth-order valence-corrected chi connectivity index (χ4v) is 1.82. The lowest BCUT2D eigenvalue weighted by atomic mass is 10.3. The predicted octanol–water partition coefficient (Wildman–Crippen LogP) is 3.91. The van der Waals surface area contributed by atoms with Crippen molar-refractivity contribution in [1.29, 1.82) is 0 Å². The van der Waals surface area contributed by atoms with Crippen molar-refractivity contribution in [2.75, 3.05) is 6.26 Å². The second kappa shape index (κ2) is 4.61. The Bertz CT molecular complexity index is 327. The average Bonchev–Trinajstić information content (AvgIpc) is 2.01. The van der Waals surface area contributed by atoms with Crippen molar-refractivity contribution in [2.45, 2.75) is 11.3 Å². The zero-order chi connectivity index (χ0) is 10.8. The zero-order valence-corrected chi connectivity index (χ0v) is 10.0. The minimum absolute atomic E-state index is 0.142. The van der Waals surface area contributed by atoms with E-state index in [0.29, 0.717) is 8.47 Å². The second-order valence-corrected chi connectivity index (χ2v) is 4.44. The highest BCUT2D eigenvalue weighted by Gasteiger charge is 2.32. The molecule has 0 heterocycles. The Hall–Kier alpha value is -0.110. The molecular formula is C8H6F3IOS. The van der Waals surface area contributed by atoms with E-state index in [0.717, 1.165) is 0 Å². The summed E-state index contributed by atoms with van der Waals surface area (Å²) in [6.07, 6.45) is -2.93. The predicted molar refractivity (Wildman–Crippen MR) is 57.6 cm³/mol. The molecule has 0 amide bonds. The standard InChI is InChI=1S/C8H6F3IOS/c1-14-7-3-2-5(12)4-6(7)13-8(9,10)11/h2-4H,1H3. The molecule has 0 saturated heterocycles. The summed E-state index contributed by atoms with van der Waals surface area (Å²) in [6.45, 7) is 0. The number of ether oxygens (including phenoxy) is 1. The first kappa shape index (κ1) is 12.0. The van der Waals surface area contributed by atoms with Crippen LogP contribution in [-0.2, 0) is 0 Å². The average molecular weight is 334 g/mol. The lowest BCUT2D eigenvalue weighted by Gasteiger charge is -2.12. The van der Waals surface area contributed by atoms with Crippen LogP contribution in [0.3, 0.4) is 0 Å². The summed E-state index contributed by atoms with van der Waals surface area (Å²) < 4.78 is 40.5. The van der Waals surface area contributed by atoms with Crippen LogP contribution in [-0.4, -0.2) is 12.6 Å². The first-order valence-electron chi connectivity index (χ1n) is 3.51. The molecule has 0 aliphatic heterocycles. The molecule has 0 spiro atoms. The van der Waals surface area contributed by atoms with Gasteiger partial charge in [0.25, 0.3) is 0 Å². The van der Waals surface area contributed by atoms with Gasteiger partial charge in [-0.3, -0.25) is 0 Å². The number of benzene rings is 1. The Morgan fingerprint density at radius 2 is 2.00 bits per heavy atom. The smallest absolute Gasteiger partial charge is 0.405 e. The minimum atomic E-state index is -4.63. The van der Waals surface area contributed by atoms with Gasteiger partial charge in [0.15, 0.2) is 0 Å². The van der Waals surface area contributed by atoms with Gasteiger partial charge in [-0.25, -0.2) is 0 Å².